The van der Waals surface area contributed by atoms with Gasteiger partial charge in [-0.1, -0.05) is 23.7 Å². The number of halogens is 1. The number of rotatable bonds is 3. The molecule has 1 aliphatic heterocycles. The Morgan fingerprint density at radius 1 is 1.32 bits per heavy atom. The Kier molecular flexibility index (Phi) is 5.39. The Morgan fingerprint density at radius 2 is 2.00 bits per heavy atom. The Balaban J connectivity index is 1.68. The maximum Gasteiger partial charge on any atom is 0.410 e. The van der Waals surface area contributed by atoms with Gasteiger partial charge in [0.1, 0.15) is 10.6 Å². The van der Waals surface area contributed by atoms with E-state index in [0.29, 0.717) is 10.2 Å². The van der Waals surface area contributed by atoms with Crippen LogP contribution in [-0.2, 0) is 4.74 Å². The standard InChI is InChI=1S/C18H22ClN3O2S/c1-18(2,3)24-17(23)22-10-6-7-12(22)11-25-16-15(19)20-13-8-4-5-9-14(13)21-16/h4-5,8-9,12H,6-7,10-11H2,1-3H3. The van der Waals surface area contributed by atoms with Gasteiger partial charge < -0.3 is 9.64 Å². The molecule has 1 unspecified atom stereocenters. The molecular weight excluding hydrogens is 358 g/mol. The molecule has 25 heavy (non-hydrogen) atoms. The van der Waals surface area contributed by atoms with Crippen molar-refractivity contribution in [1.82, 2.24) is 14.9 Å². The monoisotopic (exact) mass is 379 g/mol. The molecule has 1 aromatic carbocycles. The predicted molar refractivity (Wildman–Crippen MR) is 101 cm³/mol. The first-order chi connectivity index (χ1) is 11.8. The number of carbonyl (C=O) groups excluding carboxylic acids is 1. The van der Waals surface area contributed by atoms with E-state index in [4.69, 9.17) is 16.3 Å². The van der Waals surface area contributed by atoms with E-state index >= 15 is 0 Å². The van der Waals surface area contributed by atoms with Gasteiger partial charge in [0.2, 0.25) is 0 Å². The van der Waals surface area contributed by atoms with Gasteiger partial charge in [0.25, 0.3) is 0 Å². The molecule has 1 amide bonds. The molecule has 0 radical (unpaired) electrons. The number of hydrogen-bond donors (Lipinski definition) is 0. The zero-order chi connectivity index (χ0) is 18.0. The van der Waals surface area contributed by atoms with E-state index in [0.717, 1.165) is 36.2 Å². The van der Waals surface area contributed by atoms with E-state index in [1.54, 1.807) is 11.8 Å². The summed E-state index contributed by atoms with van der Waals surface area (Å²) in [5.41, 5.74) is 1.13. The average Bonchev–Trinajstić information content (AvgIpc) is 3.00. The number of thioether (sulfide) groups is 1. The minimum Gasteiger partial charge on any atom is -0.444 e. The highest BCUT2D eigenvalue weighted by Crippen LogP contribution is 2.30. The van der Waals surface area contributed by atoms with Crippen molar-refractivity contribution in [1.29, 1.82) is 0 Å². The van der Waals surface area contributed by atoms with Crippen molar-refractivity contribution < 1.29 is 9.53 Å². The van der Waals surface area contributed by atoms with Crippen LogP contribution in [0.2, 0.25) is 5.15 Å². The molecule has 0 N–H and O–H groups in total. The summed E-state index contributed by atoms with van der Waals surface area (Å²) < 4.78 is 5.51. The number of aromatic nitrogens is 2. The number of carbonyl (C=O) groups is 1. The summed E-state index contributed by atoms with van der Waals surface area (Å²) in [4.78, 5) is 23.2. The van der Waals surface area contributed by atoms with Crippen LogP contribution < -0.4 is 0 Å². The summed E-state index contributed by atoms with van der Waals surface area (Å²) in [6.45, 7) is 6.39. The fourth-order valence-electron chi connectivity index (χ4n) is 2.80. The van der Waals surface area contributed by atoms with Crippen LogP contribution in [-0.4, -0.2) is 44.9 Å². The minimum atomic E-state index is -0.482. The van der Waals surface area contributed by atoms with Crippen molar-refractivity contribution >= 4 is 40.5 Å². The van der Waals surface area contributed by atoms with Crippen molar-refractivity contribution in [3.8, 4) is 0 Å². The van der Waals surface area contributed by atoms with E-state index in [-0.39, 0.29) is 12.1 Å². The lowest BCUT2D eigenvalue weighted by molar-refractivity contribution is 0.0242. The van der Waals surface area contributed by atoms with Gasteiger partial charge in [0.15, 0.2) is 5.15 Å². The van der Waals surface area contributed by atoms with Crippen molar-refractivity contribution in [2.75, 3.05) is 12.3 Å². The SMILES string of the molecule is CC(C)(C)OC(=O)N1CCCC1CSc1nc2ccccc2nc1Cl. The van der Waals surface area contributed by atoms with Crippen LogP contribution in [0.3, 0.4) is 0 Å². The third-order valence-corrected chi connectivity index (χ3v) is 5.40. The highest BCUT2D eigenvalue weighted by molar-refractivity contribution is 7.99. The van der Waals surface area contributed by atoms with Gasteiger partial charge in [-0.15, -0.1) is 11.8 Å². The molecule has 1 aliphatic rings. The van der Waals surface area contributed by atoms with Crippen LogP contribution in [0, 0.1) is 0 Å². The lowest BCUT2D eigenvalue weighted by Crippen LogP contribution is -2.40. The van der Waals surface area contributed by atoms with Gasteiger partial charge in [-0.25, -0.2) is 14.8 Å². The number of ether oxygens (including phenoxy) is 1. The molecule has 1 fully saturated rings. The largest absolute Gasteiger partial charge is 0.444 e. The molecule has 0 bridgehead atoms. The third-order valence-electron chi connectivity index (χ3n) is 3.92. The van der Waals surface area contributed by atoms with Crippen LogP contribution in [0.5, 0.6) is 0 Å². The summed E-state index contributed by atoms with van der Waals surface area (Å²) in [7, 11) is 0. The zero-order valence-corrected chi connectivity index (χ0v) is 16.2. The lowest BCUT2D eigenvalue weighted by atomic mass is 10.2. The molecule has 1 aromatic heterocycles. The van der Waals surface area contributed by atoms with Gasteiger partial charge in [-0.05, 0) is 45.7 Å². The fraction of sp³-hybridized carbons (Fsp3) is 0.500. The minimum absolute atomic E-state index is 0.129. The molecule has 7 heteroatoms. The predicted octanol–water partition coefficient (Wildman–Crippen LogP) is 4.77. The van der Waals surface area contributed by atoms with Crippen molar-refractivity contribution in [3.05, 3.63) is 29.4 Å². The zero-order valence-electron chi connectivity index (χ0n) is 14.7. The highest BCUT2D eigenvalue weighted by Gasteiger charge is 2.32. The summed E-state index contributed by atoms with van der Waals surface area (Å²) in [6, 6.07) is 7.79. The molecule has 1 atom stereocenters. The normalized spacial score (nSPS) is 17.9. The quantitative estimate of drug-likeness (QED) is 0.718. The first-order valence-corrected chi connectivity index (χ1v) is 9.74. The van der Waals surface area contributed by atoms with Crippen molar-refractivity contribution in [2.45, 2.75) is 50.3 Å². The number of hydrogen-bond acceptors (Lipinski definition) is 5. The van der Waals surface area contributed by atoms with Crippen LogP contribution >= 0.6 is 23.4 Å². The number of likely N-dealkylation sites (tertiary alicyclic amines) is 1. The van der Waals surface area contributed by atoms with Gasteiger partial charge in [-0.2, -0.15) is 0 Å². The number of amides is 1. The number of benzene rings is 1. The Hall–Kier alpha value is -1.53. The molecule has 0 saturated carbocycles. The van der Waals surface area contributed by atoms with Crippen molar-refractivity contribution in [3.63, 3.8) is 0 Å². The first kappa shape index (κ1) is 18.3. The van der Waals surface area contributed by atoms with Gasteiger partial charge in [0, 0.05) is 18.3 Å². The van der Waals surface area contributed by atoms with Crippen molar-refractivity contribution in [2.24, 2.45) is 0 Å². The molecular formula is C18H22ClN3O2S. The molecule has 0 spiro atoms. The smallest absolute Gasteiger partial charge is 0.410 e. The number of nitrogens with zero attached hydrogens (tertiary/aromatic N) is 3. The maximum absolute atomic E-state index is 12.4. The molecule has 134 valence electrons. The summed E-state index contributed by atoms with van der Waals surface area (Å²) >= 11 is 7.82. The fourth-order valence-corrected chi connectivity index (χ4v) is 4.12. The third kappa shape index (κ3) is 4.55. The van der Waals surface area contributed by atoms with Gasteiger partial charge in [-0.3, -0.25) is 0 Å². The van der Waals surface area contributed by atoms with Crippen LogP contribution in [0.4, 0.5) is 4.79 Å². The van der Waals surface area contributed by atoms with Gasteiger partial charge >= 0.3 is 6.09 Å². The molecule has 0 aliphatic carbocycles. The second kappa shape index (κ2) is 7.38. The van der Waals surface area contributed by atoms with E-state index in [2.05, 4.69) is 9.97 Å². The summed E-state index contributed by atoms with van der Waals surface area (Å²) in [6.07, 6.45) is 1.71. The average molecular weight is 380 g/mol. The Morgan fingerprint density at radius 3 is 2.68 bits per heavy atom. The molecule has 2 aromatic rings. The van der Waals surface area contributed by atoms with Gasteiger partial charge in [0.05, 0.1) is 11.0 Å². The van der Waals surface area contributed by atoms with Crippen LogP contribution in [0.15, 0.2) is 29.3 Å². The van der Waals surface area contributed by atoms with E-state index in [9.17, 15) is 4.79 Å². The first-order valence-electron chi connectivity index (χ1n) is 8.38. The van der Waals surface area contributed by atoms with E-state index < -0.39 is 5.60 Å². The Labute approximate surface area is 157 Å². The molecule has 1 saturated heterocycles. The van der Waals surface area contributed by atoms with E-state index in [1.807, 2.05) is 49.9 Å². The second-order valence-corrected chi connectivity index (χ2v) is 8.46. The molecule has 5 nitrogen and oxygen atoms in total. The topological polar surface area (TPSA) is 55.3 Å². The second-order valence-electron chi connectivity index (χ2n) is 7.09. The van der Waals surface area contributed by atoms with E-state index in [1.165, 1.54) is 0 Å². The highest BCUT2D eigenvalue weighted by atomic mass is 35.5. The molecule has 2 heterocycles. The summed E-state index contributed by atoms with van der Waals surface area (Å²) in [5.74, 6) is 0.728. The lowest BCUT2D eigenvalue weighted by Gasteiger charge is -2.28. The number of fused-ring (bicyclic) bond motifs is 1. The van der Waals surface area contributed by atoms with Crippen LogP contribution in [0.1, 0.15) is 33.6 Å². The summed E-state index contributed by atoms with van der Waals surface area (Å²) in [5, 5.41) is 1.11. The Bertz CT molecular complexity index is 778. The maximum atomic E-state index is 12.4. The van der Waals surface area contributed by atoms with Crippen LogP contribution in [0.25, 0.3) is 11.0 Å². The molecule has 3 rings (SSSR count). The number of para-hydroxylation sites is 2.